The van der Waals surface area contributed by atoms with Gasteiger partial charge in [0.05, 0.1) is 0 Å². The second kappa shape index (κ2) is 5.09. The van der Waals surface area contributed by atoms with Gasteiger partial charge < -0.3 is 5.32 Å². The number of hydrogen-bond acceptors (Lipinski definition) is 4. The quantitative estimate of drug-likeness (QED) is 0.781. The summed E-state index contributed by atoms with van der Waals surface area (Å²) in [4.78, 5) is 8.50. The van der Waals surface area contributed by atoms with E-state index in [1.165, 1.54) is 17.5 Å². The number of fused-ring (bicyclic) bond motifs is 1. The van der Waals surface area contributed by atoms with Crippen molar-refractivity contribution in [3.8, 4) is 0 Å². The maximum absolute atomic E-state index is 4.35. The van der Waals surface area contributed by atoms with Gasteiger partial charge in [0.15, 0.2) is 0 Å². The van der Waals surface area contributed by atoms with Gasteiger partial charge in [0.25, 0.3) is 5.78 Å². The molecule has 114 valence electrons. The Morgan fingerprint density at radius 3 is 2.55 bits per heavy atom. The zero-order valence-corrected chi connectivity index (χ0v) is 13.7. The Hall–Kier alpha value is -2.43. The Morgan fingerprint density at radius 2 is 1.86 bits per heavy atom. The van der Waals surface area contributed by atoms with E-state index in [1.807, 2.05) is 13.0 Å². The van der Waals surface area contributed by atoms with Gasteiger partial charge in [-0.25, -0.2) is 4.98 Å². The number of rotatable bonds is 2. The van der Waals surface area contributed by atoms with Crippen LogP contribution in [0.25, 0.3) is 5.78 Å². The highest BCUT2D eigenvalue weighted by molar-refractivity contribution is 5.60. The molecule has 2 heterocycles. The third kappa shape index (κ3) is 2.66. The first-order valence-electron chi connectivity index (χ1n) is 7.40. The van der Waals surface area contributed by atoms with Crippen molar-refractivity contribution in [3.63, 3.8) is 0 Å². The highest BCUT2D eigenvalue weighted by atomic mass is 15.3. The summed E-state index contributed by atoms with van der Waals surface area (Å²) in [6.07, 6.45) is 1.51. The minimum atomic E-state index is 0.148. The summed E-state index contributed by atoms with van der Waals surface area (Å²) in [5, 5.41) is 7.63. The van der Waals surface area contributed by atoms with Crippen molar-refractivity contribution in [2.24, 2.45) is 0 Å². The largest absolute Gasteiger partial charge is 0.340 e. The molecular weight excluding hydrogens is 274 g/mol. The van der Waals surface area contributed by atoms with Crippen molar-refractivity contribution in [2.45, 2.75) is 40.0 Å². The highest BCUT2D eigenvalue weighted by Crippen LogP contribution is 2.28. The van der Waals surface area contributed by atoms with Crippen molar-refractivity contribution in [2.75, 3.05) is 5.32 Å². The van der Waals surface area contributed by atoms with E-state index in [2.05, 4.69) is 66.3 Å². The number of aromatic nitrogens is 4. The number of hydrogen-bond donors (Lipinski definition) is 1. The molecule has 0 aliphatic heterocycles. The van der Waals surface area contributed by atoms with Gasteiger partial charge in [-0.2, -0.15) is 14.6 Å². The van der Waals surface area contributed by atoms with Crippen LogP contribution in [0.4, 0.5) is 11.5 Å². The van der Waals surface area contributed by atoms with Crippen LogP contribution >= 0.6 is 0 Å². The van der Waals surface area contributed by atoms with Gasteiger partial charge in [-0.15, -0.1) is 0 Å². The zero-order valence-electron chi connectivity index (χ0n) is 13.7. The molecule has 22 heavy (non-hydrogen) atoms. The summed E-state index contributed by atoms with van der Waals surface area (Å²) in [6, 6.07) is 8.42. The Labute approximate surface area is 130 Å². The lowest BCUT2D eigenvalue weighted by atomic mass is 9.84. The van der Waals surface area contributed by atoms with Gasteiger partial charge in [0.1, 0.15) is 12.1 Å². The molecule has 5 nitrogen and oxygen atoms in total. The average Bonchev–Trinajstić information content (AvgIpc) is 2.85. The fraction of sp³-hybridized carbons (Fsp3) is 0.353. The van der Waals surface area contributed by atoms with Crippen LogP contribution in [0.5, 0.6) is 0 Å². The van der Waals surface area contributed by atoms with Gasteiger partial charge in [0, 0.05) is 17.4 Å². The van der Waals surface area contributed by atoms with E-state index in [0.29, 0.717) is 5.78 Å². The van der Waals surface area contributed by atoms with Crippen LogP contribution in [0.15, 0.2) is 30.6 Å². The van der Waals surface area contributed by atoms with Gasteiger partial charge in [-0.3, -0.25) is 0 Å². The summed E-state index contributed by atoms with van der Waals surface area (Å²) in [7, 11) is 0. The molecular formula is C17H21N5. The summed E-state index contributed by atoms with van der Waals surface area (Å²) < 4.78 is 1.71. The second-order valence-electron chi connectivity index (χ2n) is 6.66. The SMILES string of the molecule is Cc1cc(Nc2ccc(C(C)(C)C)c(C)c2)n2ncnc2n1. The average molecular weight is 295 g/mol. The molecule has 0 radical (unpaired) electrons. The number of nitrogens with one attached hydrogen (secondary N) is 1. The topological polar surface area (TPSA) is 55.1 Å². The molecule has 0 aliphatic carbocycles. The van der Waals surface area contributed by atoms with Crippen molar-refractivity contribution >= 4 is 17.3 Å². The van der Waals surface area contributed by atoms with E-state index in [1.54, 1.807) is 4.52 Å². The molecule has 0 saturated carbocycles. The van der Waals surface area contributed by atoms with Gasteiger partial charge in [0.2, 0.25) is 0 Å². The van der Waals surface area contributed by atoms with Gasteiger partial charge >= 0.3 is 0 Å². The molecule has 0 amide bonds. The molecule has 0 fully saturated rings. The van der Waals surface area contributed by atoms with E-state index in [9.17, 15) is 0 Å². The molecule has 1 aromatic carbocycles. The monoisotopic (exact) mass is 295 g/mol. The first-order valence-corrected chi connectivity index (χ1v) is 7.40. The highest BCUT2D eigenvalue weighted by Gasteiger charge is 2.16. The lowest BCUT2D eigenvalue weighted by Crippen LogP contribution is -2.13. The first kappa shape index (κ1) is 14.5. The Kier molecular flexibility index (Phi) is 3.35. The molecule has 2 aromatic heterocycles. The lowest BCUT2D eigenvalue weighted by molar-refractivity contribution is 0.586. The molecule has 0 spiro atoms. The van der Waals surface area contributed by atoms with Crippen LogP contribution in [-0.4, -0.2) is 19.6 Å². The van der Waals surface area contributed by atoms with E-state index < -0.39 is 0 Å². The molecule has 0 atom stereocenters. The molecule has 3 aromatic rings. The van der Waals surface area contributed by atoms with Crippen LogP contribution in [0, 0.1) is 13.8 Å². The molecule has 5 heteroatoms. The van der Waals surface area contributed by atoms with Crippen molar-refractivity contribution in [3.05, 3.63) is 47.4 Å². The molecule has 0 aliphatic rings. The van der Waals surface area contributed by atoms with Crippen LogP contribution < -0.4 is 5.32 Å². The normalized spacial score (nSPS) is 11.9. The van der Waals surface area contributed by atoms with E-state index in [4.69, 9.17) is 0 Å². The predicted molar refractivity (Wildman–Crippen MR) is 88.7 cm³/mol. The lowest BCUT2D eigenvalue weighted by Gasteiger charge is -2.22. The number of nitrogens with zero attached hydrogens (tertiary/aromatic N) is 4. The molecule has 0 unspecified atom stereocenters. The Morgan fingerprint density at radius 1 is 1.09 bits per heavy atom. The fourth-order valence-corrected chi connectivity index (χ4v) is 2.75. The van der Waals surface area contributed by atoms with Crippen LogP contribution in [-0.2, 0) is 5.41 Å². The fourth-order valence-electron chi connectivity index (χ4n) is 2.75. The van der Waals surface area contributed by atoms with Gasteiger partial charge in [-0.1, -0.05) is 26.8 Å². The summed E-state index contributed by atoms with van der Waals surface area (Å²) in [5.41, 5.74) is 4.72. The summed E-state index contributed by atoms with van der Waals surface area (Å²) >= 11 is 0. The Balaban J connectivity index is 1.99. The predicted octanol–water partition coefficient (Wildman–Crippen LogP) is 3.78. The Bertz CT molecular complexity index is 827. The van der Waals surface area contributed by atoms with E-state index in [-0.39, 0.29) is 5.41 Å². The summed E-state index contributed by atoms with van der Waals surface area (Å²) in [5.74, 6) is 1.47. The van der Waals surface area contributed by atoms with Crippen LogP contribution in [0.3, 0.4) is 0 Å². The van der Waals surface area contributed by atoms with Crippen LogP contribution in [0.2, 0.25) is 0 Å². The second-order valence-corrected chi connectivity index (χ2v) is 6.66. The third-order valence-electron chi connectivity index (χ3n) is 3.69. The first-order chi connectivity index (χ1) is 10.3. The number of anilines is 2. The van der Waals surface area contributed by atoms with Crippen molar-refractivity contribution in [1.29, 1.82) is 0 Å². The molecule has 1 N–H and O–H groups in total. The third-order valence-corrected chi connectivity index (χ3v) is 3.69. The van der Waals surface area contributed by atoms with Crippen molar-refractivity contribution < 1.29 is 0 Å². The van der Waals surface area contributed by atoms with Gasteiger partial charge in [-0.05, 0) is 42.5 Å². The standard InChI is InChI=1S/C17H21N5/c1-11-8-13(6-7-14(11)17(3,4)5)21-15-9-12(2)20-16-18-10-19-22(15)16/h6-10,21H,1-5H3. The molecule has 3 rings (SSSR count). The maximum atomic E-state index is 4.35. The zero-order chi connectivity index (χ0) is 15.9. The van der Waals surface area contributed by atoms with E-state index in [0.717, 1.165) is 17.2 Å². The number of aryl methyl sites for hydroxylation is 2. The smallest absolute Gasteiger partial charge is 0.254 e. The minimum Gasteiger partial charge on any atom is -0.340 e. The summed E-state index contributed by atoms with van der Waals surface area (Å²) in [6.45, 7) is 10.8. The molecule has 0 bridgehead atoms. The minimum absolute atomic E-state index is 0.148. The maximum Gasteiger partial charge on any atom is 0.254 e. The van der Waals surface area contributed by atoms with Crippen LogP contribution in [0.1, 0.15) is 37.6 Å². The van der Waals surface area contributed by atoms with Crippen molar-refractivity contribution in [1.82, 2.24) is 19.6 Å². The van der Waals surface area contributed by atoms with E-state index >= 15 is 0 Å². The number of benzene rings is 1. The molecule has 0 saturated heterocycles.